The highest BCUT2D eigenvalue weighted by atomic mass is 14.6. The first kappa shape index (κ1) is 7.47. The first-order valence-corrected chi connectivity index (χ1v) is 3.21. The van der Waals surface area contributed by atoms with Crippen molar-refractivity contribution in [3.05, 3.63) is 36.2 Å². The van der Waals surface area contributed by atoms with Crippen molar-refractivity contribution < 1.29 is 0 Å². The summed E-state index contributed by atoms with van der Waals surface area (Å²) >= 11 is 0. The lowest BCUT2D eigenvalue weighted by atomic mass is 10.2. The molecule has 0 fully saturated rings. The van der Waals surface area contributed by atoms with Crippen LogP contribution in [0.2, 0.25) is 0 Å². The van der Waals surface area contributed by atoms with E-state index in [0.29, 0.717) is 5.70 Å². The average Bonchev–Trinajstić information content (AvgIpc) is 2.07. The number of allylic oxidation sites excluding steroid dienone is 1. The number of hydrogen-bond donors (Lipinski definition) is 2. The minimum atomic E-state index is 0.563. The van der Waals surface area contributed by atoms with Crippen LogP contribution in [0.25, 0.3) is 5.70 Å². The van der Waals surface area contributed by atoms with Gasteiger partial charge in [0.25, 0.3) is 0 Å². The van der Waals surface area contributed by atoms with Gasteiger partial charge in [-0.2, -0.15) is 0 Å². The van der Waals surface area contributed by atoms with Crippen molar-refractivity contribution in [2.45, 2.75) is 0 Å². The minimum absolute atomic E-state index is 0.563. The number of hydrogen-bond acceptors (Lipinski definition) is 3. The lowest BCUT2D eigenvalue weighted by Gasteiger charge is -1.96. The van der Waals surface area contributed by atoms with E-state index in [0.717, 1.165) is 11.8 Å². The molecule has 0 saturated heterocycles. The monoisotopic (exact) mass is 147 g/mol. The fourth-order valence-corrected chi connectivity index (χ4v) is 0.720. The van der Waals surface area contributed by atoms with Crippen LogP contribution in [0.4, 0.5) is 0 Å². The first-order chi connectivity index (χ1) is 5.34. The zero-order valence-electron chi connectivity index (χ0n) is 5.99. The predicted molar refractivity (Wildman–Crippen MR) is 45.2 cm³/mol. The summed E-state index contributed by atoms with van der Waals surface area (Å²) < 4.78 is 0. The molecule has 0 aliphatic carbocycles. The molecule has 1 rings (SSSR count). The standard InChI is InChI=1S/C8H9N3/c9-4-3-8(10)7-2-1-5-11-6-7/h1-6,9H,10H2/b8-3-,9-4?. The average molecular weight is 147 g/mol. The SMILES string of the molecule is N=C/C=C(\N)c1cccnc1. The molecule has 11 heavy (non-hydrogen) atoms. The summed E-state index contributed by atoms with van der Waals surface area (Å²) in [6.45, 7) is 0. The third-order valence-electron chi connectivity index (χ3n) is 1.26. The number of nitrogens with one attached hydrogen (secondary N) is 1. The van der Waals surface area contributed by atoms with Crippen LogP contribution in [0.5, 0.6) is 0 Å². The van der Waals surface area contributed by atoms with Crippen molar-refractivity contribution in [2.24, 2.45) is 5.73 Å². The summed E-state index contributed by atoms with van der Waals surface area (Å²) in [6, 6.07) is 3.66. The quantitative estimate of drug-likeness (QED) is 0.614. The van der Waals surface area contributed by atoms with E-state index in [2.05, 4.69) is 4.98 Å². The van der Waals surface area contributed by atoms with Gasteiger partial charge in [-0.25, -0.2) is 0 Å². The van der Waals surface area contributed by atoms with Gasteiger partial charge in [0.2, 0.25) is 0 Å². The zero-order chi connectivity index (χ0) is 8.10. The molecule has 0 saturated carbocycles. The second kappa shape index (κ2) is 3.51. The molecule has 0 aliphatic heterocycles. The van der Waals surface area contributed by atoms with E-state index in [9.17, 15) is 0 Å². The van der Waals surface area contributed by atoms with Crippen molar-refractivity contribution in [2.75, 3.05) is 0 Å². The molecule has 1 heterocycles. The van der Waals surface area contributed by atoms with Crippen LogP contribution in [0, 0.1) is 5.41 Å². The van der Waals surface area contributed by atoms with Crippen LogP contribution < -0.4 is 5.73 Å². The summed E-state index contributed by atoms with van der Waals surface area (Å²) in [7, 11) is 0. The van der Waals surface area contributed by atoms with E-state index in [4.69, 9.17) is 11.1 Å². The molecule has 0 radical (unpaired) electrons. The molecule has 3 nitrogen and oxygen atoms in total. The van der Waals surface area contributed by atoms with Gasteiger partial charge in [0.15, 0.2) is 0 Å². The Balaban J connectivity index is 2.94. The van der Waals surface area contributed by atoms with Crippen molar-refractivity contribution in [3.8, 4) is 0 Å². The molecule has 1 aromatic rings. The van der Waals surface area contributed by atoms with Gasteiger partial charge in [-0.15, -0.1) is 0 Å². The molecule has 0 spiro atoms. The molecule has 0 bridgehead atoms. The Hall–Kier alpha value is -1.64. The van der Waals surface area contributed by atoms with Crippen LogP contribution >= 0.6 is 0 Å². The molecule has 56 valence electrons. The normalized spacial score (nSPS) is 11.1. The fraction of sp³-hybridized carbons (Fsp3) is 0. The second-order valence-corrected chi connectivity index (χ2v) is 2.03. The first-order valence-electron chi connectivity index (χ1n) is 3.21. The van der Waals surface area contributed by atoms with Crippen LogP contribution in [-0.4, -0.2) is 11.2 Å². The molecular formula is C8H9N3. The van der Waals surface area contributed by atoms with Gasteiger partial charge in [0.1, 0.15) is 0 Å². The van der Waals surface area contributed by atoms with E-state index < -0.39 is 0 Å². The van der Waals surface area contributed by atoms with Gasteiger partial charge in [-0.3, -0.25) is 4.98 Å². The van der Waals surface area contributed by atoms with Crippen LogP contribution in [-0.2, 0) is 0 Å². The zero-order valence-corrected chi connectivity index (χ0v) is 5.99. The topological polar surface area (TPSA) is 62.8 Å². The second-order valence-electron chi connectivity index (χ2n) is 2.03. The van der Waals surface area contributed by atoms with Crippen molar-refractivity contribution in [3.63, 3.8) is 0 Å². The Morgan fingerprint density at radius 3 is 3.00 bits per heavy atom. The Morgan fingerprint density at radius 2 is 2.45 bits per heavy atom. The lowest BCUT2D eigenvalue weighted by Crippen LogP contribution is -1.96. The highest BCUT2D eigenvalue weighted by molar-refractivity contribution is 5.81. The molecule has 0 atom stereocenters. The Bertz CT molecular complexity index is 264. The maximum Gasteiger partial charge on any atom is 0.0418 e. The Labute approximate surface area is 65.1 Å². The van der Waals surface area contributed by atoms with Gasteiger partial charge < -0.3 is 11.1 Å². The number of aromatic nitrogens is 1. The third-order valence-corrected chi connectivity index (χ3v) is 1.26. The summed E-state index contributed by atoms with van der Waals surface area (Å²) in [5.41, 5.74) is 6.98. The fourth-order valence-electron chi connectivity index (χ4n) is 0.720. The van der Waals surface area contributed by atoms with Gasteiger partial charge in [-0.05, 0) is 18.2 Å². The maximum atomic E-state index is 6.78. The van der Waals surface area contributed by atoms with Crippen LogP contribution in [0.1, 0.15) is 5.56 Å². The van der Waals surface area contributed by atoms with Crippen molar-refractivity contribution in [1.82, 2.24) is 4.98 Å². The van der Waals surface area contributed by atoms with Gasteiger partial charge in [-0.1, -0.05) is 0 Å². The van der Waals surface area contributed by atoms with Crippen LogP contribution in [0.3, 0.4) is 0 Å². The number of pyridine rings is 1. The summed E-state index contributed by atoms with van der Waals surface area (Å²) in [6.07, 6.45) is 6.02. The highest BCUT2D eigenvalue weighted by Gasteiger charge is 1.91. The maximum absolute atomic E-state index is 6.78. The molecule has 0 aromatic carbocycles. The largest absolute Gasteiger partial charge is 0.398 e. The molecule has 3 heteroatoms. The minimum Gasteiger partial charge on any atom is -0.398 e. The highest BCUT2D eigenvalue weighted by Crippen LogP contribution is 2.03. The van der Waals surface area contributed by atoms with E-state index in [1.54, 1.807) is 18.5 Å². The van der Waals surface area contributed by atoms with E-state index >= 15 is 0 Å². The van der Waals surface area contributed by atoms with Gasteiger partial charge in [0.05, 0.1) is 0 Å². The predicted octanol–water partition coefficient (Wildman–Crippen LogP) is 1.03. The van der Waals surface area contributed by atoms with Gasteiger partial charge in [0, 0.05) is 29.9 Å². The molecule has 0 aliphatic rings. The summed E-state index contributed by atoms with van der Waals surface area (Å²) in [4.78, 5) is 3.89. The van der Waals surface area contributed by atoms with E-state index in [-0.39, 0.29) is 0 Å². The molecule has 0 amide bonds. The van der Waals surface area contributed by atoms with E-state index in [1.807, 2.05) is 6.07 Å². The number of nitrogens with zero attached hydrogens (tertiary/aromatic N) is 1. The summed E-state index contributed by atoms with van der Waals surface area (Å²) in [5.74, 6) is 0. The molecule has 0 unspecified atom stereocenters. The summed E-state index contributed by atoms with van der Waals surface area (Å²) in [5, 5.41) is 6.78. The van der Waals surface area contributed by atoms with Crippen molar-refractivity contribution >= 4 is 11.9 Å². The van der Waals surface area contributed by atoms with E-state index in [1.165, 1.54) is 6.08 Å². The number of nitrogens with two attached hydrogens (primary N) is 1. The molecular weight excluding hydrogens is 138 g/mol. The number of rotatable bonds is 2. The molecule has 1 aromatic heterocycles. The molecule has 3 N–H and O–H groups in total. The lowest BCUT2D eigenvalue weighted by molar-refractivity contribution is 1.30. The Morgan fingerprint density at radius 1 is 1.64 bits per heavy atom. The smallest absolute Gasteiger partial charge is 0.0418 e. The third kappa shape index (κ3) is 1.89. The Kier molecular flexibility index (Phi) is 2.38. The van der Waals surface area contributed by atoms with Crippen LogP contribution in [0.15, 0.2) is 30.6 Å². The van der Waals surface area contributed by atoms with Crippen molar-refractivity contribution in [1.29, 1.82) is 5.41 Å². The van der Waals surface area contributed by atoms with Gasteiger partial charge >= 0.3 is 0 Å².